The van der Waals surface area contributed by atoms with E-state index in [1.54, 1.807) is 0 Å². The lowest BCUT2D eigenvalue weighted by Gasteiger charge is -2.15. The van der Waals surface area contributed by atoms with Crippen molar-refractivity contribution in [2.24, 2.45) is 5.92 Å². The van der Waals surface area contributed by atoms with Crippen molar-refractivity contribution in [3.63, 3.8) is 0 Å². The summed E-state index contributed by atoms with van der Waals surface area (Å²) in [6.07, 6.45) is 2.21. The van der Waals surface area contributed by atoms with Crippen molar-refractivity contribution < 1.29 is 13.2 Å². The standard InChI is InChI=1S/C14H19ClN2O3S/c1-10-5-6-17(8-10)9-14(18)16-13-7-11(21(2,19)20)3-4-12(13)15/h3-4,7,10H,5-6,8-9H2,1-2H3,(H,16,18). The first-order valence-corrected chi connectivity index (χ1v) is 9.04. The molecule has 1 aromatic rings. The fourth-order valence-electron chi connectivity index (χ4n) is 2.39. The third-order valence-electron chi connectivity index (χ3n) is 3.52. The summed E-state index contributed by atoms with van der Waals surface area (Å²) in [7, 11) is -3.33. The van der Waals surface area contributed by atoms with Gasteiger partial charge in [0.05, 0.1) is 22.2 Å². The van der Waals surface area contributed by atoms with Crippen LogP contribution in [0.4, 0.5) is 5.69 Å². The lowest BCUT2D eigenvalue weighted by atomic mass is 10.2. The van der Waals surface area contributed by atoms with Crippen molar-refractivity contribution in [2.75, 3.05) is 31.2 Å². The van der Waals surface area contributed by atoms with Gasteiger partial charge in [-0.2, -0.15) is 0 Å². The highest BCUT2D eigenvalue weighted by Gasteiger charge is 2.21. The second-order valence-corrected chi connectivity index (χ2v) is 8.01. The van der Waals surface area contributed by atoms with Gasteiger partial charge in [0, 0.05) is 12.8 Å². The first kappa shape index (κ1) is 16.3. The largest absolute Gasteiger partial charge is 0.324 e. The van der Waals surface area contributed by atoms with Gasteiger partial charge in [-0.1, -0.05) is 18.5 Å². The van der Waals surface area contributed by atoms with Gasteiger partial charge in [0.2, 0.25) is 5.91 Å². The van der Waals surface area contributed by atoms with Crippen molar-refractivity contribution in [3.8, 4) is 0 Å². The maximum atomic E-state index is 12.0. The Hall–Kier alpha value is -1.11. The normalized spacial score (nSPS) is 19.7. The van der Waals surface area contributed by atoms with E-state index in [9.17, 15) is 13.2 Å². The molecule has 1 saturated heterocycles. The molecule has 1 N–H and O–H groups in total. The molecule has 7 heteroatoms. The molecule has 0 saturated carbocycles. The minimum absolute atomic E-state index is 0.136. The zero-order chi connectivity index (χ0) is 15.6. The Morgan fingerprint density at radius 1 is 1.48 bits per heavy atom. The Labute approximate surface area is 130 Å². The van der Waals surface area contributed by atoms with Gasteiger partial charge in [-0.25, -0.2) is 8.42 Å². The number of hydrogen-bond acceptors (Lipinski definition) is 4. The van der Waals surface area contributed by atoms with Crippen molar-refractivity contribution >= 4 is 33.0 Å². The fourth-order valence-corrected chi connectivity index (χ4v) is 3.21. The predicted octanol–water partition coefficient (Wildman–Crippen LogP) is 2.02. The molecule has 1 atom stereocenters. The van der Waals surface area contributed by atoms with Crippen LogP contribution in [0.25, 0.3) is 0 Å². The summed E-state index contributed by atoms with van der Waals surface area (Å²) in [6.45, 7) is 4.27. The Kier molecular flexibility index (Phi) is 4.91. The van der Waals surface area contributed by atoms with Crippen LogP contribution in [0.3, 0.4) is 0 Å². The summed E-state index contributed by atoms with van der Waals surface area (Å²) < 4.78 is 23.1. The third kappa shape index (κ3) is 4.43. The molecular formula is C14H19ClN2O3S. The van der Waals surface area contributed by atoms with E-state index >= 15 is 0 Å². The maximum absolute atomic E-state index is 12.0. The van der Waals surface area contributed by atoms with Crippen molar-refractivity contribution in [2.45, 2.75) is 18.2 Å². The van der Waals surface area contributed by atoms with E-state index in [1.807, 2.05) is 0 Å². The monoisotopic (exact) mass is 330 g/mol. The highest BCUT2D eigenvalue weighted by Crippen LogP contribution is 2.25. The minimum atomic E-state index is -3.33. The molecule has 1 aliphatic heterocycles. The Balaban J connectivity index is 2.06. The average Bonchev–Trinajstić information content (AvgIpc) is 2.76. The molecule has 0 radical (unpaired) electrons. The number of amides is 1. The third-order valence-corrected chi connectivity index (χ3v) is 4.96. The molecule has 1 amide bonds. The zero-order valence-electron chi connectivity index (χ0n) is 12.1. The molecule has 0 spiro atoms. The van der Waals surface area contributed by atoms with Gasteiger partial charge in [-0.15, -0.1) is 0 Å². The van der Waals surface area contributed by atoms with Crippen LogP contribution < -0.4 is 5.32 Å². The van der Waals surface area contributed by atoms with Crippen molar-refractivity contribution in [1.29, 1.82) is 0 Å². The number of anilines is 1. The lowest BCUT2D eigenvalue weighted by molar-refractivity contribution is -0.117. The molecule has 1 aromatic carbocycles. The number of hydrogen-bond donors (Lipinski definition) is 1. The number of nitrogens with zero attached hydrogens (tertiary/aromatic N) is 1. The van der Waals surface area contributed by atoms with Crippen LogP contribution in [0.1, 0.15) is 13.3 Å². The van der Waals surface area contributed by atoms with Gasteiger partial charge in [0.1, 0.15) is 0 Å². The maximum Gasteiger partial charge on any atom is 0.238 e. The topological polar surface area (TPSA) is 66.5 Å². The van der Waals surface area contributed by atoms with Crippen LogP contribution in [0.5, 0.6) is 0 Å². The molecule has 1 aliphatic rings. The van der Waals surface area contributed by atoms with Gasteiger partial charge < -0.3 is 5.32 Å². The molecule has 0 aromatic heterocycles. The summed E-state index contributed by atoms with van der Waals surface area (Å²) in [5, 5.41) is 3.01. The van der Waals surface area contributed by atoms with E-state index in [4.69, 9.17) is 11.6 Å². The van der Waals surface area contributed by atoms with Crippen LogP contribution in [-0.4, -0.2) is 45.1 Å². The van der Waals surface area contributed by atoms with Crippen molar-refractivity contribution in [1.82, 2.24) is 4.90 Å². The van der Waals surface area contributed by atoms with Gasteiger partial charge >= 0.3 is 0 Å². The van der Waals surface area contributed by atoms with Gasteiger partial charge in [0.25, 0.3) is 0 Å². The molecule has 1 fully saturated rings. The zero-order valence-corrected chi connectivity index (χ0v) is 13.7. The summed E-state index contributed by atoms with van der Waals surface area (Å²) in [4.78, 5) is 14.2. The number of benzene rings is 1. The van der Waals surface area contributed by atoms with Crippen LogP contribution in [0.2, 0.25) is 5.02 Å². The summed E-state index contributed by atoms with van der Waals surface area (Å²) >= 11 is 6.01. The molecule has 0 aliphatic carbocycles. The van der Waals surface area contributed by atoms with Crippen LogP contribution in [-0.2, 0) is 14.6 Å². The number of rotatable bonds is 4. The molecule has 1 unspecified atom stereocenters. The first-order valence-electron chi connectivity index (χ1n) is 6.77. The van der Waals surface area contributed by atoms with E-state index in [1.165, 1.54) is 18.2 Å². The SMILES string of the molecule is CC1CCN(CC(=O)Nc2cc(S(C)(=O)=O)ccc2Cl)C1. The number of likely N-dealkylation sites (tertiary alicyclic amines) is 1. The van der Waals surface area contributed by atoms with Crippen LogP contribution in [0, 0.1) is 5.92 Å². The van der Waals surface area contributed by atoms with Crippen LogP contribution >= 0.6 is 11.6 Å². The Morgan fingerprint density at radius 3 is 2.76 bits per heavy atom. The number of halogens is 1. The minimum Gasteiger partial charge on any atom is -0.324 e. The summed E-state index contributed by atoms with van der Waals surface area (Å²) in [5.41, 5.74) is 0.330. The highest BCUT2D eigenvalue weighted by molar-refractivity contribution is 7.90. The quantitative estimate of drug-likeness (QED) is 0.917. The Morgan fingerprint density at radius 2 is 2.19 bits per heavy atom. The fraction of sp³-hybridized carbons (Fsp3) is 0.500. The smallest absolute Gasteiger partial charge is 0.238 e. The van der Waals surface area contributed by atoms with Gasteiger partial charge in [-0.3, -0.25) is 9.69 Å². The molecular weight excluding hydrogens is 312 g/mol. The molecule has 2 rings (SSSR count). The van der Waals surface area contributed by atoms with E-state index < -0.39 is 9.84 Å². The second kappa shape index (κ2) is 6.34. The van der Waals surface area contributed by atoms with E-state index in [-0.39, 0.29) is 10.8 Å². The molecule has 1 heterocycles. The van der Waals surface area contributed by atoms with E-state index in [0.29, 0.717) is 23.2 Å². The second-order valence-electron chi connectivity index (χ2n) is 5.59. The molecule has 5 nitrogen and oxygen atoms in total. The van der Waals surface area contributed by atoms with E-state index in [0.717, 1.165) is 25.8 Å². The van der Waals surface area contributed by atoms with E-state index in [2.05, 4.69) is 17.1 Å². The summed E-state index contributed by atoms with van der Waals surface area (Å²) in [5.74, 6) is 0.423. The number of sulfone groups is 1. The lowest BCUT2D eigenvalue weighted by Crippen LogP contribution is -2.31. The molecule has 21 heavy (non-hydrogen) atoms. The highest BCUT2D eigenvalue weighted by atomic mass is 35.5. The Bertz CT molecular complexity index is 646. The molecule has 116 valence electrons. The average molecular weight is 331 g/mol. The van der Waals surface area contributed by atoms with Crippen molar-refractivity contribution in [3.05, 3.63) is 23.2 Å². The number of carbonyl (C=O) groups excluding carboxylic acids is 1. The van der Waals surface area contributed by atoms with Crippen LogP contribution in [0.15, 0.2) is 23.1 Å². The number of carbonyl (C=O) groups is 1. The van der Waals surface area contributed by atoms with Gasteiger partial charge in [-0.05, 0) is 37.1 Å². The number of nitrogens with one attached hydrogen (secondary N) is 1. The predicted molar refractivity (Wildman–Crippen MR) is 83.4 cm³/mol. The molecule has 0 bridgehead atoms. The first-order chi connectivity index (χ1) is 9.75. The van der Waals surface area contributed by atoms with Gasteiger partial charge in [0.15, 0.2) is 9.84 Å². The summed E-state index contributed by atoms with van der Waals surface area (Å²) in [6, 6.07) is 4.29.